The number of para-hydroxylation sites is 9. The lowest BCUT2D eigenvalue weighted by atomic mass is 9.80. The van der Waals surface area contributed by atoms with Gasteiger partial charge in [0.05, 0.1) is 77.3 Å². The molecule has 3 N–H and O–H groups in total. The first-order chi connectivity index (χ1) is 73.9. The highest BCUT2D eigenvalue weighted by atomic mass is 35.5. The fraction of sp³-hybridized carbons (Fsp3) is 0. The Morgan fingerprint density at radius 1 is 0.220 bits per heavy atom. The van der Waals surface area contributed by atoms with Gasteiger partial charge in [0.25, 0.3) is 0 Å². The highest BCUT2D eigenvalue weighted by Gasteiger charge is 2.26. The van der Waals surface area contributed by atoms with Crippen LogP contribution in [0.1, 0.15) is 0 Å². The largest absolute Gasteiger partial charge is 0.488 e. The lowest BCUT2D eigenvalue weighted by Crippen LogP contribution is -2.29. The first-order valence-corrected chi connectivity index (χ1v) is 50.6. The molecule has 0 saturated carbocycles. The predicted octanol–water partition coefficient (Wildman–Crippen LogP) is 34.3. The third-order valence-corrected chi connectivity index (χ3v) is 28.8. The van der Waals surface area contributed by atoms with E-state index < -0.39 is 7.12 Å². The summed E-state index contributed by atoms with van der Waals surface area (Å²) in [5.74, 6) is 0.610. The molecule has 0 bridgehead atoms. The van der Waals surface area contributed by atoms with Crippen molar-refractivity contribution >= 4 is 211 Å². The van der Waals surface area contributed by atoms with Gasteiger partial charge in [0, 0.05) is 98.0 Å². The van der Waals surface area contributed by atoms with Crippen molar-refractivity contribution in [3.8, 4) is 95.5 Å². The van der Waals surface area contributed by atoms with Crippen LogP contribution in [0.2, 0.25) is 15.7 Å². The van der Waals surface area contributed by atoms with Crippen molar-refractivity contribution in [1.29, 1.82) is 0 Å². The van der Waals surface area contributed by atoms with Gasteiger partial charge in [-0.3, -0.25) is 4.57 Å². The number of hydrogen-bond acceptors (Lipinski definition) is 10. The topological polar surface area (TPSA) is 175 Å². The summed E-state index contributed by atoms with van der Waals surface area (Å²) in [4.78, 5) is 30.9. The number of nitrogens with one attached hydrogen (secondary N) is 1. The molecular formula is C132H84BCl3N10O4. The van der Waals surface area contributed by atoms with E-state index >= 15 is 0 Å². The maximum absolute atomic E-state index is 8.94. The van der Waals surface area contributed by atoms with Crippen molar-refractivity contribution in [2.45, 2.75) is 0 Å². The Labute approximate surface area is 874 Å². The third kappa shape index (κ3) is 17.0. The Kier molecular flexibility index (Phi) is 23.7. The van der Waals surface area contributed by atoms with Gasteiger partial charge in [-0.05, 0) is 230 Å². The number of rotatable bonds is 11. The van der Waals surface area contributed by atoms with Crippen LogP contribution < -0.4 is 5.46 Å². The lowest BCUT2D eigenvalue weighted by Gasteiger charge is -2.12. The Morgan fingerprint density at radius 3 is 1.05 bits per heavy atom. The maximum Gasteiger partial charge on any atom is 0.488 e. The zero-order valence-corrected chi connectivity index (χ0v) is 82.5. The van der Waals surface area contributed by atoms with Crippen molar-refractivity contribution in [1.82, 2.24) is 48.6 Å². The fourth-order valence-corrected chi connectivity index (χ4v) is 21.7. The molecule has 0 unspecified atom stereocenters. The molecule has 0 atom stereocenters. The van der Waals surface area contributed by atoms with Gasteiger partial charge >= 0.3 is 7.12 Å². The molecule has 0 aliphatic carbocycles. The third-order valence-electron chi connectivity index (χ3n) is 28.2. The van der Waals surface area contributed by atoms with Gasteiger partial charge in [-0.25, -0.2) is 29.9 Å². The van der Waals surface area contributed by atoms with E-state index in [1.165, 1.54) is 82.5 Å². The van der Waals surface area contributed by atoms with Crippen molar-refractivity contribution in [2.75, 3.05) is 0 Å². The van der Waals surface area contributed by atoms with Gasteiger partial charge in [-0.1, -0.05) is 357 Å². The molecule has 0 fully saturated rings. The van der Waals surface area contributed by atoms with Gasteiger partial charge < -0.3 is 33.0 Å². The van der Waals surface area contributed by atoms with Gasteiger partial charge in [-0.15, -0.1) is 0 Å². The van der Waals surface area contributed by atoms with E-state index in [9.17, 15) is 0 Å². The Morgan fingerprint density at radius 2 is 0.553 bits per heavy atom. The molecule has 0 spiro atoms. The summed E-state index contributed by atoms with van der Waals surface area (Å²) in [6.45, 7) is 0. The van der Waals surface area contributed by atoms with Gasteiger partial charge in [-0.2, -0.15) is 0 Å². The van der Waals surface area contributed by atoms with E-state index in [1.54, 1.807) is 12.1 Å². The monoisotopic (exact) mass is 1990 g/mol. The SMILES string of the molecule is Clc1nc(-c2ccc(-c3ccccc3)cc2)c2ccccc2n1.Clc1nc(Cl)c2ccccc2n1.OB(O)c1ccc(-c2ccccc2)cc1.c1ccc(-c2ccc(-c3nc(-n4c5ccc(-c6ccc7c(c6)c6ccccc6n7-c6ccccc6)cc5c5c6oc7ccccc7c6ccc54)nc4ccccc34)cc2)cc1.c1ccc(-n2c3ccccc3c3cc(-c4ccc5[nH]c6ccc7c8ccccc8oc7c6c5c4)ccc32)cc1. The second-order valence-electron chi connectivity index (χ2n) is 37.0. The summed E-state index contributed by atoms with van der Waals surface area (Å²) >= 11 is 17.5. The average molecular weight is 1990 g/mol. The fourth-order valence-electron chi connectivity index (χ4n) is 21.1. The molecule has 710 valence electrons. The zero-order valence-electron chi connectivity index (χ0n) is 80.2. The number of fused-ring (bicyclic) bond motifs is 23. The number of aromatic amines is 1. The van der Waals surface area contributed by atoms with Crippen molar-refractivity contribution in [3.05, 3.63) is 507 Å². The highest BCUT2D eigenvalue weighted by Crippen LogP contribution is 2.47. The lowest BCUT2D eigenvalue weighted by molar-refractivity contribution is 0.426. The van der Waals surface area contributed by atoms with Crippen LogP contribution in [0.4, 0.5) is 0 Å². The minimum absolute atomic E-state index is 0.179. The van der Waals surface area contributed by atoms with E-state index in [0.717, 1.165) is 171 Å². The molecule has 0 amide bonds. The summed E-state index contributed by atoms with van der Waals surface area (Å²) in [6, 6.07) is 170. The molecule has 30 rings (SSSR count). The zero-order chi connectivity index (χ0) is 100. The molecule has 30 aromatic rings. The Bertz CT molecular complexity index is 10400. The molecular weight excluding hydrogens is 1910 g/mol. The Hall–Kier alpha value is -18.7. The highest BCUT2D eigenvalue weighted by molar-refractivity contribution is 6.58. The van der Waals surface area contributed by atoms with Crippen LogP contribution in [0.3, 0.4) is 0 Å². The molecule has 18 heteroatoms. The van der Waals surface area contributed by atoms with Gasteiger partial charge in [0.15, 0.2) is 0 Å². The molecule has 0 saturated heterocycles. The molecule has 0 aliphatic rings. The van der Waals surface area contributed by atoms with E-state index in [4.69, 9.17) is 63.7 Å². The number of nitrogens with zero attached hydrogens (tertiary/aromatic N) is 9. The quantitative estimate of drug-likeness (QED) is 0.0642. The molecule has 0 aliphatic heterocycles. The van der Waals surface area contributed by atoms with E-state index in [0.29, 0.717) is 16.6 Å². The van der Waals surface area contributed by atoms with Crippen LogP contribution >= 0.6 is 34.8 Å². The van der Waals surface area contributed by atoms with Crippen LogP contribution in [0, 0.1) is 0 Å². The smallest absolute Gasteiger partial charge is 0.455 e. The number of halogens is 3. The predicted molar refractivity (Wildman–Crippen MR) is 621 cm³/mol. The normalized spacial score (nSPS) is 11.5. The Balaban J connectivity index is 0.000000108. The second kappa shape index (κ2) is 39.0. The summed E-state index contributed by atoms with van der Waals surface area (Å²) in [5.41, 5.74) is 33.3. The van der Waals surface area contributed by atoms with E-state index in [2.05, 4.69) is 378 Å². The maximum atomic E-state index is 8.94. The summed E-state index contributed by atoms with van der Waals surface area (Å²) in [7, 11) is -1.39. The van der Waals surface area contributed by atoms with Crippen molar-refractivity contribution in [2.24, 2.45) is 0 Å². The second-order valence-corrected chi connectivity index (χ2v) is 38.0. The number of aromatic nitrogens is 10. The van der Waals surface area contributed by atoms with Crippen molar-refractivity contribution < 1.29 is 18.9 Å². The van der Waals surface area contributed by atoms with Crippen molar-refractivity contribution in [3.63, 3.8) is 0 Å². The molecule has 14 nitrogen and oxygen atoms in total. The van der Waals surface area contributed by atoms with Gasteiger partial charge in [0.2, 0.25) is 16.5 Å². The first kappa shape index (κ1) is 91.2. The first-order valence-electron chi connectivity index (χ1n) is 49.5. The molecule has 9 aromatic heterocycles. The molecule has 21 aromatic carbocycles. The van der Waals surface area contributed by atoms with Crippen LogP contribution in [-0.2, 0) is 0 Å². The molecule has 150 heavy (non-hydrogen) atoms. The van der Waals surface area contributed by atoms with E-state index in [-0.39, 0.29) is 10.6 Å². The summed E-state index contributed by atoms with van der Waals surface area (Å²) in [6.07, 6.45) is 0. The number of hydrogen-bond donors (Lipinski definition) is 3. The van der Waals surface area contributed by atoms with Crippen LogP contribution in [0.15, 0.2) is 500 Å². The average Bonchev–Trinajstić information content (AvgIpc) is 1.08. The van der Waals surface area contributed by atoms with E-state index in [1.807, 2.05) is 140 Å². The van der Waals surface area contributed by atoms with Crippen LogP contribution in [0.25, 0.3) is 259 Å². The molecule has 0 radical (unpaired) electrons. The van der Waals surface area contributed by atoms with Gasteiger partial charge in [0.1, 0.15) is 27.5 Å². The van der Waals surface area contributed by atoms with Crippen LogP contribution in [0.5, 0.6) is 0 Å². The summed E-state index contributed by atoms with van der Waals surface area (Å²) < 4.78 is 20.1. The number of furan rings is 2. The standard InChI is InChI=1S/C56H34N4O.C36H22N2O.C20H13ClN2.C12H11BO2.C8H4Cl2N2/c1-3-13-35(14-4-1)36-23-25-37(26-24-36)54-44-19-7-10-20-47(44)57-56(58-54)60-50-31-28-39(34-46(50)53-51(60)32-29-43-42-18-9-12-22-52(42)61-55(43)53)38-27-30-49-45(33-38)41-17-8-11-21-48(41)59(49)40-15-5-2-6-16-40;1-2-8-24(9-3-1)38-32-12-6-4-10-25(32)28-20-23(15-19-33(28)38)22-14-17-30-29(21-22)35-31(37-30)18-16-27-26-11-5-7-13-34(26)39-36(27)35;21-20-22-18-9-5-4-8-17(18)19(23-20)16-12-10-15(11-13-16)14-6-2-1-3-7-14;14-13(15)12-8-6-11(7-9-12)10-4-2-1-3-5-10;9-7-5-3-1-2-4-6(5)11-8(10)12-7/h1-34H;1-21,37H;1-13H;1-9,14-15H;1-4H. The van der Waals surface area contributed by atoms with Crippen LogP contribution in [-0.4, -0.2) is 65.8 Å². The molecule has 9 heterocycles. The minimum atomic E-state index is -1.39. The number of H-pyrrole nitrogens is 1. The summed E-state index contributed by atoms with van der Waals surface area (Å²) in [5, 5.41) is 35.4. The minimum Gasteiger partial charge on any atom is -0.455 e. The number of benzene rings is 21.